The molecule has 0 aromatic carbocycles. The first kappa shape index (κ1) is 14.1. The van der Waals surface area contributed by atoms with Crippen molar-refractivity contribution >= 4 is 0 Å². The lowest BCUT2D eigenvalue weighted by molar-refractivity contribution is -0.214. The molecule has 0 spiro atoms. The lowest BCUT2D eigenvalue weighted by Crippen LogP contribution is -2.70. The number of rotatable bonds is 3. The van der Waals surface area contributed by atoms with Crippen LogP contribution in [0.5, 0.6) is 0 Å². The third-order valence-electron chi connectivity index (χ3n) is 4.24. The van der Waals surface area contributed by atoms with Crippen LogP contribution in [0.2, 0.25) is 0 Å². The molecule has 3 nitrogen and oxygen atoms in total. The van der Waals surface area contributed by atoms with Gasteiger partial charge in [-0.2, -0.15) is 13.2 Å². The Kier molecular flexibility index (Phi) is 3.64. The molecule has 2 N–H and O–H groups in total. The molecule has 106 valence electrons. The molecule has 2 aliphatic rings. The van der Waals surface area contributed by atoms with Crippen LogP contribution >= 0.6 is 0 Å². The second-order valence-electron chi connectivity index (χ2n) is 5.86. The Balaban J connectivity index is 1.90. The first-order valence-corrected chi connectivity index (χ1v) is 6.34. The normalized spacial score (nSPS) is 36.7. The minimum absolute atomic E-state index is 0.0141. The predicted octanol–water partition coefficient (Wildman–Crippen LogP) is 1.70. The van der Waals surface area contributed by atoms with E-state index in [4.69, 9.17) is 9.84 Å². The lowest BCUT2D eigenvalue weighted by atomic mass is 9.55. The van der Waals surface area contributed by atoms with Crippen LogP contribution < -0.4 is 5.32 Å². The van der Waals surface area contributed by atoms with E-state index < -0.39 is 18.8 Å². The van der Waals surface area contributed by atoms with Crippen molar-refractivity contribution in [3.8, 4) is 0 Å². The summed E-state index contributed by atoms with van der Waals surface area (Å²) in [5.41, 5.74) is -0.170. The van der Waals surface area contributed by atoms with Crippen LogP contribution in [0.4, 0.5) is 13.2 Å². The number of hydrogen-bond acceptors (Lipinski definition) is 3. The number of aliphatic hydroxyl groups is 1. The van der Waals surface area contributed by atoms with Crippen molar-refractivity contribution < 1.29 is 23.0 Å². The summed E-state index contributed by atoms with van der Waals surface area (Å²) in [4.78, 5) is 0. The second-order valence-corrected chi connectivity index (χ2v) is 5.86. The van der Waals surface area contributed by atoms with Crippen molar-refractivity contribution in [2.45, 2.75) is 51.1 Å². The number of nitrogens with one attached hydrogen (secondary N) is 1. The molecular weight excluding hydrogens is 247 g/mol. The second kappa shape index (κ2) is 4.65. The van der Waals surface area contributed by atoms with E-state index in [1.165, 1.54) is 0 Å². The van der Waals surface area contributed by atoms with E-state index in [9.17, 15) is 13.2 Å². The van der Waals surface area contributed by atoms with Crippen LogP contribution in [0.15, 0.2) is 0 Å². The van der Waals surface area contributed by atoms with Gasteiger partial charge in [-0.15, -0.1) is 0 Å². The zero-order chi connectivity index (χ0) is 13.6. The fourth-order valence-electron chi connectivity index (χ4n) is 3.29. The standard InChI is InChI=1S/C12H20F3NO2/c1-11(2)9(7-4-3-5-18-10(7)11)16-6-8(17)12(13,14)15/h7-10,16-17H,3-6H2,1-2H3. The van der Waals surface area contributed by atoms with Crippen molar-refractivity contribution in [1.29, 1.82) is 0 Å². The van der Waals surface area contributed by atoms with Gasteiger partial charge in [0.05, 0.1) is 6.10 Å². The van der Waals surface area contributed by atoms with Crippen LogP contribution in [0.1, 0.15) is 26.7 Å². The molecule has 4 atom stereocenters. The quantitative estimate of drug-likeness (QED) is 0.818. The Morgan fingerprint density at radius 2 is 2.11 bits per heavy atom. The number of hydrogen-bond donors (Lipinski definition) is 2. The zero-order valence-electron chi connectivity index (χ0n) is 10.6. The molecule has 1 aliphatic carbocycles. The smallest absolute Gasteiger partial charge is 0.382 e. The highest BCUT2D eigenvalue weighted by atomic mass is 19.4. The molecule has 1 saturated heterocycles. The van der Waals surface area contributed by atoms with Gasteiger partial charge in [-0.3, -0.25) is 0 Å². The molecular formula is C12H20F3NO2. The molecule has 0 aromatic heterocycles. The summed E-state index contributed by atoms with van der Waals surface area (Å²) in [6.45, 7) is 4.29. The first-order chi connectivity index (χ1) is 8.24. The average molecular weight is 267 g/mol. The van der Waals surface area contributed by atoms with Crippen molar-refractivity contribution in [2.75, 3.05) is 13.2 Å². The molecule has 4 unspecified atom stereocenters. The molecule has 18 heavy (non-hydrogen) atoms. The Morgan fingerprint density at radius 3 is 2.72 bits per heavy atom. The number of alkyl halides is 3. The molecule has 0 aromatic rings. The summed E-state index contributed by atoms with van der Waals surface area (Å²) in [5, 5.41) is 11.9. The van der Waals surface area contributed by atoms with E-state index in [0.717, 1.165) is 19.4 Å². The molecule has 1 saturated carbocycles. The third-order valence-corrected chi connectivity index (χ3v) is 4.24. The fourth-order valence-corrected chi connectivity index (χ4v) is 3.29. The van der Waals surface area contributed by atoms with Crippen LogP contribution in [-0.2, 0) is 4.74 Å². The van der Waals surface area contributed by atoms with Crippen LogP contribution in [0.25, 0.3) is 0 Å². The van der Waals surface area contributed by atoms with Crippen molar-refractivity contribution in [1.82, 2.24) is 5.32 Å². The van der Waals surface area contributed by atoms with Crippen LogP contribution in [0.3, 0.4) is 0 Å². The Hall–Kier alpha value is -0.330. The summed E-state index contributed by atoms with van der Waals surface area (Å²) in [6.07, 6.45) is -4.78. The number of ether oxygens (including phenoxy) is 1. The van der Waals surface area contributed by atoms with Gasteiger partial charge < -0.3 is 15.2 Å². The van der Waals surface area contributed by atoms with Gasteiger partial charge in [-0.1, -0.05) is 13.8 Å². The van der Waals surface area contributed by atoms with Gasteiger partial charge in [0.25, 0.3) is 0 Å². The van der Waals surface area contributed by atoms with Gasteiger partial charge in [0.15, 0.2) is 6.10 Å². The summed E-state index contributed by atoms with van der Waals surface area (Å²) in [7, 11) is 0. The van der Waals surface area contributed by atoms with Crippen LogP contribution in [0, 0.1) is 11.3 Å². The van der Waals surface area contributed by atoms with Crippen molar-refractivity contribution in [3.63, 3.8) is 0 Å². The molecule has 6 heteroatoms. The zero-order valence-corrected chi connectivity index (χ0v) is 10.6. The fraction of sp³-hybridized carbons (Fsp3) is 1.00. The molecule has 1 heterocycles. The van der Waals surface area contributed by atoms with E-state index in [0.29, 0.717) is 0 Å². The predicted molar refractivity (Wildman–Crippen MR) is 60.1 cm³/mol. The van der Waals surface area contributed by atoms with Gasteiger partial charge in [0.1, 0.15) is 0 Å². The summed E-state index contributed by atoms with van der Waals surface area (Å²) < 4.78 is 42.4. The Morgan fingerprint density at radius 1 is 1.44 bits per heavy atom. The maximum atomic E-state index is 12.2. The van der Waals surface area contributed by atoms with E-state index in [1.54, 1.807) is 0 Å². The highest BCUT2D eigenvalue weighted by Crippen LogP contribution is 2.51. The maximum Gasteiger partial charge on any atom is 0.415 e. The third kappa shape index (κ3) is 2.38. The maximum absolute atomic E-state index is 12.2. The largest absolute Gasteiger partial charge is 0.415 e. The first-order valence-electron chi connectivity index (χ1n) is 6.34. The molecule has 0 bridgehead atoms. The summed E-state index contributed by atoms with van der Waals surface area (Å²) >= 11 is 0. The SMILES string of the molecule is CC1(C)C(NCC(O)C(F)(F)F)C2CCCOC21. The molecule has 0 radical (unpaired) electrons. The van der Waals surface area contributed by atoms with Crippen LogP contribution in [-0.4, -0.2) is 42.7 Å². The number of halogens is 3. The monoisotopic (exact) mass is 267 g/mol. The number of aliphatic hydroxyl groups excluding tert-OH is 1. The molecule has 0 amide bonds. The topological polar surface area (TPSA) is 41.5 Å². The van der Waals surface area contributed by atoms with Gasteiger partial charge in [0, 0.05) is 30.5 Å². The minimum atomic E-state index is -4.55. The van der Waals surface area contributed by atoms with Gasteiger partial charge in [-0.25, -0.2) is 0 Å². The van der Waals surface area contributed by atoms with Gasteiger partial charge in [-0.05, 0) is 12.8 Å². The van der Waals surface area contributed by atoms with Gasteiger partial charge in [0.2, 0.25) is 0 Å². The van der Waals surface area contributed by atoms with Crippen molar-refractivity contribution in [2.24, 2.45) is 11.3 Å². The van der Waals surface area contributed by atoms with Crippen molar-refractivity contribution in [3.05, 3.63) is 0 Å². The highest BCUT2D eigenvalue weighted by Gasteiger charge is 2.57. The van der Waals surface area contributed by atoms with E-state index in [-0.39, 0.29) is 23.5 Å². The highest BCUT2D eigenvalue weighted by molar-refractivity contribution is 5.10. The number of fused-ring (bicyclic) bond motifs is 1. The minimum Gasteiger partial charge on any atom is -0.382 e. The summed E-state index contributed by atoms with van der Waals surface area (Å²) in [6, 6.07) is -0.0141. The summed E-state index contributed by atoms with van der Waals surface area (Å²) in [5.74, 6) is 0.272. The van der Waals surface area contributed by atoms with E-state index in [2.05, 4.69) is 5.32 Å². The lowest BCUT2D eigenvalue weighted by Gasteiger charge is -2.60. The molecule has 2 rings (SSSR count). The Labute approximate surface area is 105 Å². The molecule has 1 aliphatic heterocycles. The van der Waals surface area contributed by atoms with E-state index in [1.807, 2.05) is 13.8 Å². The average Bonchev–Trinajstić information content (AvgIpc) is 2.27. The Bertz CT molecular complexity index is 306. The van der Waals surface area contributed by atoms with E-state index >= 15 is 0 Å². The molecule has 2 fully saturated rings. The van der Waals surface area contributed by atoms with Gasteiger partial charge >= 0.3 is 6.18 Å².